The van der Waals surface area contributed by atoms with Crippen LogP contribution >= 0.6 is 0 Å². The van der Waals surface area contributed by atoms with Gasteiger partial charge in [-0.25, -0.2) is 4.98 Å². The van der Waals surface area contributed by atoms with E-state index in [1.165, 1.54) is 19.3 Å². The first kappa shape index (κ1) is 11.2. The van der Waals surface area contributed by atoms with Gasteiger partial charge in [0.05, 0.1) is 11.9 Å². The lowest BCUT2D eigenvalue weighted by Crippen LogP contribution is -2.16. The lowest BCUT2D eigenvalue weighted by molar-refractivity contribution is 0.602. The van der Waals surface area contributed by atoms with Crippen LogP contribution in [-0.2, 0) is 0 Å². The summed E-state index contributed by atoms with van der Waals surface area (Å²) in [7, 11) is 4.02. The van der Waals surface area contributed by atoms with Crippen LogP contribution < -0.4 is 10.2 Å². The number of rotatable bonds is 3. The van der Waals surface area contributed by atoms with Crippen molar-refractivity contribution in [1.29, 1.82) is 0 Å². The lowest BCUT2D eigenvalue weighted by Gasteiger charge is -2.15. The molecule has 1 fully saturated rings. The van der Waals surface area contributed by atoms with Gasteiger partial charge in [0.15, 0.2) is 0 Å². The van der Waals surface area contributed by atoms with E-state index in [1.54, 1.807) is 0 Å². The van der Waals surface area contributed by atoms with E-state index in [-0.39, 0.29) is 0 Å². The van der Waals surface area contributed by atoms with Gasteiger partial charge in [-0.2, -0.15) is 0 Å². The molecular formula is C13H21N3. The molecule has 0 amide bonds. The SMILES string of the molecule is CC1CCC(Nc2ccc(N(C)C)nc2)C1. The highest BCUT2D eigenvalue weighted by Crippen LogP contribution is 2.27. The average molecular weight is 219 g/mol. The normalized spacial score (nSPS) is 24.4. The number of hydrogen-bond acceptors (Lipinski definition) is 3. The molecular weight excluding hydrogens is 198 g/mol. The Morgan fingerprint density at radius 2 is 2.12 bits per heavy atom. The predicted octanol–water partition coefficient (Wildman–Crippen LogP) is 2.75. The van der Waals surface area contributed by atoms with E-state index in [2.05, 4.69) is 29.4 Å². The van der Waals surface area contributed by atoms with Gasteiger partial charge < -0.3 is 10.2 Å². The molecule has 1 heterocycles. The topological polar surface area (TPSA) is 28.2 Å². The quantitative estimate of drug-likeness (QED) is 0.847. The molecule has 2 atom stereocenters. The highest BCUT2D eigenvalue weighted by atomic mass is 15.1. The van der Waals surface area contributed by atoms with Crippen molar-refractivity contribution in [3.8, 4) is 0 Å². The lowest BCUT2D eigenvalue weighted by atomic mass is 10.1. The number of pyridine rings is 1. The fourth-order valence-corrected chi connectivity index (χ4v) is 2.31. The number of nitrogens with zero attached hydrogens (tertiary/aromatic N) is 2. The van der Waals surface area contributed by atoms with Gasteiger partial charge in [0.25, 0.3) is 0 Å². The van der Waals surface area contributed by atoms with Crippen molar-refractivity contribution in [2.24, 2.45) is 5.92 Å². The molecule has 0 aliphatic heterocycles. The minimum Gasteiger partial charge on any atom is -0.381 e. The third kappa shape index (κ3) is 2.65. The van der Waals surface area contributed by atoms with E-state index in [0.29, 0.717) is 6.04 Å². The van der Waals surface area contributed by atoms with Crippen molar-refractivity contribution in [2.45, 2.75) is 32.2 Å². The van der Waals surface area contributed by atoms with E-state index in [1.807, 2.05) is 25.2 Å². The van der Waals surface area contributed by atoms with Gasteiger partial charge in [0.1, 0.15) is 5.82 Å². The zero-order chi connectivity index (χ0) is 11.5. The van der Waals surface area contributed by atoms with Crippen LogP contribution in [-0.4, -0.2) is 25.1 Å². The molecule has 2 unspecified atom stereocenters. The van der Waals surface area contributed by atoms with Gasteiger partial charge in [-0.3, -0.25) is 0 Å². The van der Waals surface area contributed by atoms with Crippen LogP contribution in [0.4, 0.5) is 11.5 Å². The Morgan fingerprint density at radius 1 is 1.31 bits per heavy atom. The van der Waals surface area contributed by atoms with E-state index in [9.17, 15) is 0 Å². The zero-order valence-corrected chi connectivity index (χ0v) is 10.4. The molecule has 0 bridgehead atoms. The largest absolute Gasteiger partial charge is 0.381 e. The Bertz CT molecular complexity index is 332. The summed E-state index contributed by atoms with van der Waals surface area (Å²) in [5.41, 5.74) is 1.14. The molecule has 0 spiro atoms. The third-order valence-electron chi connectivity index (χ3n) is 3.27. The van der Waals surface area contributed by atoms with Gasteiger partial charge in [-0.15, -0.1) is 0 Å². The van der Waals surface area contributed by atoms with Crippen molar-refractivity contribution in [2.75, 3.05) is 24.3 Å². The van der Waals surface area contributed by atoms with Crippen molar-refractivity contribution >= 4 is 11.5 Å². The van der Waals surface area contributed by atoms with Crippen LogP contribution in [0.5, 0.6) is 0 Å². The van der Waals surface area contributed by atoms with E-state index >= 15 is 0 Å². The smallest absolute Gasteiger partial charge is 0.128 e. The summed E-state index contributed by atoms with van der Waals surface area (Å²) in [4.78, 5) is 6.42. The average Bonchev–Trinajstić information content (AvgIpc) is 2.65. The molecule has 1 N–H and O–H groups in total. The monoisotopic (exact) mass is 219 g/mol. The summed E-state index contributed by atoms with van der Waals surface area (Å²) in [6.07, 6.45) is 5.85. The Labute approximate surface area is 97.9 Å². The number of hydrogen-bond donors (Lipinski definition) is 1. The molecule has 1 aliphatic carbocycles. The summed E-state index contributed by atoms with van der Waals surface area (Å²) in [6, 6.07) is 4.81. The van der Waals surface area contributed by atoms with Gasteiger partial charge in [-0.1, -0.05) is 6.92 Å². The molecule has 1 aliphatic rings. The van der Waals surface area contributed by atoms with Crippen LogP contribution in [0.1, 0.15) is 26.2 Å². The second-order valence-electron chi connectivity index (χ2n) is 5.06. The summed E-state index contributed by atoms with van der Waals surface area (Å²) in [5.74, 6) is 1.87. The number of nitrogens with one attached hydrogen (secondary N) is 1. The van der Waals surface area contributed by atoms with Crippen molar-refractivity contribution < 1.29 is 0 Å². The Hall–Kier alpha value is -1.25. The number of aromatic nitrogens is 1. The maximum atomic E-state index is 4.40. The molecule has 3 heteroatoms. The van der Waals surface area contributed by atoms with Crippen LogP contribution in [0.25, 0.3) is 0 Å². The molecule has 1 aromatic heterocycles. The highest BCUT2D eigenvalue weighted by molar-refractivity contribution is 5.48. The summed E-state index contributed by atoms with van der Waals surface area (Å²) in [5, 5.41) is 3.56. The Balaban J connectivity index is 1.95. The van der Waals surface area contributed by atoms with Gasteiger partial charge >= 0.3 is 0 Å². The number of anilines is 2. The maximum Gasteiger partial charge on any atom is 0.128 e. The Morgan fingerprint density at radius 3 is 2.62 bits per heavy atom. The standard InChI is InChI=1S/C13H21N3/c1-10-4-5-11(8-10)15-12-6-7-13(14-9-12)16(2)3/h6-7,9-11,15H,4-5,8H2,1-3H3. The van der Waals surface area contributed by atoms with Gasteiger partial charge in [0.2, 0.25) is 0 Å². The van der Waals surface area contributed by atoms with E-state index < -0.39 is 0 Å². The molecule has 1 saturated carbocycles. The third-order valence-corrected chi connectivity index (χ3v) is 3.27. The fraction of sp³-hybridized carbons (Fsp3) is 0.615. The van der Waals surface area contributed by atoms with Gasteiger partial charge in [0, 0.05) is 20.1 Å². The minimum absolute atomic E-state index is 0.641. The molecule has 0 saturated heterocycles. The molecule has 2 rings (SSSR count). The summed E-state index contributed by atoms with van der Waals surface area (Å²) >= 11 is 0. The van der Waals surface area contributed by atoms with Crippen molar-refractivity contribution in [1.82, 2.24) is 4.98 Å². The highest BCUT2D eigenvalue weighted by Gasteiger charge is 2.20. The van der Waals surface area contributed by atoms with Crippen LogP contribution in [0.3, 0.4) is 0 Å². The first-order valence-corrected chi connectivity index (χ1v) is 6.05. The second kappa shape index (κ2) is 4.73. The van der Waals surface area contributed by atoms with Gasteiger partial charge in [-0.05, 0) is 37.3 Å². The van der Waals surface area contributed by atoms with Crippen LogP contribution in [0, 0.1) is 5.92 Å². The maximum absolute atomic E-state index is 4.40. The van der Waals surface area contributed by atoms with Crippen LogP contribution in [0.15, 0.2) is 18.3 Å². The van der Waals surface area contributed by atoms with E-state index in [0.717, 1.165) is 17.4 Å². The minimum atomic E-state index is 0.641. The molecule has 0 radical (unpaired) electrons. The van der Waals surface area contributed by atoms with E-state index in [4.69, 9.17) is 0 Å². The fourth-order valence-electron chi connectivity index (χ4n) is 2.31. The first-order valence-electron chi connectivity index (χ1n) is 6.05. The first-order chi connectivity index (χ1) is 7.65. The molecule has 88 valence electrons. The van der Waals surface area contributed by atoms with Crippen molar-refractivity contribution in [3.63, 3.8) is 0 Å². The summed E-state index contributed by atoms with van der Waals surface area (Å²) < 4.78 is 0. The molecule has 0 aromatic carbocycles. The zero-order valence-electron chi connectivity index (χ0n) is 10.4. The Kier molecular flexibility index (Phi) is 3.32. The predicted molar refractivity (Wildman–Crippen MR) is 69.0 cm³/mol. The molecule has 3 nitrogen and oxygen atoms in total. The van der Waals surface area contributed by atoms with Crippen molar-refractivity contribution in [3.05, 3.63) is 18.3 Å². The second-order valence-corrected chi connectivity index (χ2v) is 5.06. The molecule has 16 heavy (non-hydrogen) atoms. The van der Waals surface area contributed by atoms with Crippen LogP contribution in [0.2, 0.25) is 0 Å². The molecule has 1 aromatic rings. The summed E-state index contributed by atoms with van der Waals surface area (Å²) in [6.45, 7) is 2.33.